The van der Waals surface area contributed by atoms with Crippen LogP contribution in [-0.4, -0.2) is 25.1 Å². The molecule has 2 N–H and O–H groups in total. The Morgan fingerprint density at radius 3 is 2.30 bits per heavy atom. The summed E-state index contributed by atoms with van der Waals surface area (Å²) in [6, 6.07) is 16.5. The topological polar surface area (TPSA) is 72.5 Å². The van der Waals surface area contributed by atoms with Crippen molar-refractivity contribution in [1.29, 1.82) is 0 Å². The van der Waals surface area contributed by atoms with Gasteiger partial charge in [0.25, 0.3) is 5.91 Å². The number of rotatable bonds is 6. The van der Waals surface area contributed by atoms with Crippen LogP contribution in [0.1, 0.15) is 16.1 Å². The molecule has 2 aromatic carbocycles. The fraction of sp³-hybridized carbons (Fsp3) is 0.143. The first-order valence-corrected chi connectivity index (χ1v) is 8.42. The van der Waals surface area contributed by atoms with E-state index < -0.39 is 0 Å². The Morgan fingerprint density at radius 2 is 1.67 bits per heavy atom. The van der Waals surface area contributed by atoms with Gasteiger partial charge in [-0.2, -0.15) is 0 Å². The lowest BCUT2D eigenvalue weighted by atomic mass is 10.2. The van der Waals surface area contributed by atoms with Crippen molar-refractivity contribution in [2.24, 2.45) is 0 Å². The summed E-state index contributed by atoms with van der Waals surface area (Å²) in [6.45, 7) is 2.00. The number of anilines is 3. The zero-order valence-corrected chi connectivity index (χ0v) is 15.4. The highest BCUT2D eigenvalue weighted by Gasteiger charge is 2.09. The van der Waals surface area contributed by atoms with Crippen LogP contribution in [0.3, 0.4) is 0 Å². The monoisotopic (exact) mass is 363 g/mol. The second-order valence-electron chi connectivity index (χ2n) is 5.94. The molecule has 0 radical (unpaired) electrons. The smallest absolute Gasteiger partial charge is 0.274 e. The van der Waals surface area contributed by atoms with Crippen LogP contribution in [0.5, 0.6) is 11.5 Å². The van der Waals surface area contributed by atoms with Gasteiger partial charge in [0.15, 0.2) is 0 Å². The highest BCUT2D eigenvalue weighted by atomic mass is 16.5. The minimum Gasteiger partial charge on any atom is -0.497 e. The van der Waals surface area contributed by atoms with Crippen LogP contribution in [0, 0.1) is 6.92 Å². The number of carbonyl (C=O) groups is 1. The van der Waals surface area contributed by atoms with Crippen LogP contribution < -0.4 is 20.1 Å². The largest absolute Gasteiger partial charge is 0.497 e. The van der Waals surface area contributed by atoms with Gasteiger partial charge in [0.1, 0.15) is 17.2 Å². The molecule has 0 saturated carbocycles. The van der Waals surface area contributed by atoms with Gasteiger partial charge in [-0.25, -0.2) is 4.98 Å². The molecule has 1 aromatic heterocycles. The Balaban J connectivity index is 1.72. The van der Waals surface area contributed by atoms with Gasteiger partial charge < -0.3 is 20.1 Å². The van der Waals surface area contributed by atoms with Crippen molar-refractivity contribution in [2.45, 2.75) is 6.92 Å². The minimum absolute atomic E-state index is 0.260. The third-order valence-corrected chi connectivity index (χ3v) is 3.99. The van der Waals surface area contributed by atoms with Crippen LogP contribution in [0.25, 0.3) is 0 Å². The van der Waals surface area contributed by atoms with Crippen LogP contribution in [0.4, 0.5) is 17.1 Å². The highest BCUT2D eigenvalue weighted by Crippen LogP contribution is 2.31. The fourth-order valence-electron chi connectivity index (χ4n) is 2.50. The number of nitrogens with zero attached hydrogens (tertiary/aromatic N) is 1. The van der Waals surface area contributed by atoms with Crippen molar-refractivity contribution >= 4 is 23.0 Å². The summed E-state index contributed by atoms with van der Waals surface area (Å²) in [5.74, 6) is 1.13. The zero-order valence-electron chi connectivity index (χ0n) is 15.4. The summed E-state index contributed by atoms with van der Waals surface area (Å²) in [7, 11) is 3.21. The number of pyridine rings is 1. The molecular formula is C21H21N3O3. The van der Waals surface area contributed by atoms with Crippen molar-refractivity contribution in [3.63, 3.8) is 0 Å². The number of hydrogen-bond acceptors (Lipinski definition) is 5. The van der Waals surface area contributed by atoms with Crippen LogP contribution in [0.2, 0.25) is 0 Å². The summed E-state index contributed by atoms with van der Waals surface area (Å²) >= 11 is 0. The number of methoxy groups -OCH3 is 2. The molecule has 0 aliphatic heterocycles. The molecule has 3 rings (SSSR count). The van der Waals surface area contributed by atoms with E-state index in [2.05, 4.69) is 15.6 Å². The normalized spacial score (nSPS) is 10.2. The van der Waals surface area contributed by atoms with E-state index in [9.17, 15) is 4.79 Å². The van der Waals surface area contributed by atoms with E-state index >= 15 is 0 Å². The molecule has 0 saturated heterocycles. The molecule has 0 bridgehead atoms. The van der Waals surface area contributed by atoms with Crippen LogP contribution in [0.15, 0.2) is 60.8 Å². The molecule has 0 spiro atoms. The lowest BCUT2D eigenvalue weighted by molar-refractivity contribution is 0.102. The highest BCUT2D eigenvalue weighted by molar-refractivity contribution is 6.03. The van der Waals surface area contributed by atoms with E-state index in [1.807, 2.05) is 49.4 Å². The molecule has 1 amide bonds. The molecule has 0 fully saturated rings. The minimum atomic E-state index is -0.260. The molecule has 6 nitrogen and oxygen atoms in total. The quantitative estimate of drug-likeness (QED) is 0.679. The van der Waals surface area contributed by atoms with Crippen molar-refractivity contribution in [1.82, 2.24) is 4.98 Å². The van der Waals surface area contributed by atoms with Crippen molar-refractivity contribution in [3.8, 4) is 11.5 Å². The molecule has 6 heteroatoms. The lowest BCUT2D eigenvalue weighted by Gasteiger charge is -2.12. The predicted molar refractivity (Wildman–Crippen MR) is 106 cm³/mol. The predicted octanol–water partition coefficient (Wildman–Crippen LogP) is 4.40. The van der Waals surface area contributed by atoms with Crippen molar-refractivity contribution < 1.29 is 14.3 Å². The molecule has 0 aliphatic carbocycles. The first-order chi connectivity index (χ1) is 13.1. The second kappa shape index (κ2) is 8.23. The number of ether oxygens (including phenoxy) is 2. The first kappa shape index (κ1) is 18.3. The maximum atomic E-state index is 12.3. The molecule has 1 heterocycles. The molecule has 138 valence electrons. The van der Waals surface area contributed by atoms with E-state index in [4.69, 9.17) is 9.47 Å². The van der Waals surface area contributed by atoms with Gasteiger partial charge in [-0.1, -0.05) is 17.7 Å². The third kappa shape index (κ3) is 4.55. The van der Waals surface area contributed by atoms with E-state index in [-0.39, 0.29) is 5.91 Å². The third-order valence-electron chi connectivity index (χ3n) is 3.99. The number of benzene rings is 2. The summed E-state index contributed by atoms with van der Waals surface area (Å²) in [5, 5.41) is 6.05. The molecular weight excluding hydrogens is 342 g/mol. The van der Waals surface area contributed by atoms with Gasteiger partial charge in [0.2, 0.25) is 0 Å². The zero-order chi connectivity index (χ0) is 19.2. The van der Waals surface area contributed by atoms with E-state index in [1.54, 1.807) is 32.5 Å². The summed E-state index contributed by atoms with van der Waals surface area (Å²) in [6.07, 6.45) is 1.60. The number of hydrogen-bond donors (Lipinski definition) is 2. The molecule has 27 heavy (non-hydrogen) atoms. The van der Waals surface area contributed by atoms with Gasteiger partial charge >= 0.3 is 0 Å². The van der Waals surface area contributed by atoms with Gasteiger partial charge in [-0.15, -0.1) is 0 Å². The first-order valence-electron chi connectivity index (χ1n) is 8.42. The Morgan fingerprint density at radius 1 is 0.926 bits per heavy atom. The van der Waals surface area contributed by atoms with Crippen LogP contribution in [-0.2, 0) is 0 Å². The number of carbonyl (C=O) groups excluding carboxylic acids is 1. The molecule has 0 atom stereocenters. The summed E-state index contributed by atoms with van der Waals surface area (Å²) in [5.41, 5.74) is 3.67. The standard InChI is InChI=1S/C21H21N3O3/c1-14-4-6-15(7-5-14)24-21(25)18-10-8-16(13-22-18)23-19-12-17(26-2)9-11-20(19)27-3/h4-13,23H,1-3H3,(H,24,25). The number of aryl methyl sites for hydroxylation is 1. The van der Waals surface area contributed by atoms with Gasteiger partial charge in [0.05, 0.1) is 31.8 Å². The van der Waals surface area contributed by atoms with E-state index in [0.717, 1.165) is 22.6 Å². The summed E-state index contributed by atoms with van der Waals surface area (Å²) in [4.78, 5) is 16.6. The van der Waals surface area contributed by atoms with Crippen LogP contribution >= 0.6 is 0 Å². The van der Waals surface area contributed by atoms with Crippen molar-refractivity contribution in [2.75, 3.05) is 24.9 Å². The second-order valence-corrected chi connectivity index (χ2v) is 5.94. The summed E-state index contributed by atoms with van der Waals surface area (Å²) < 4.78 is 10.6. The Labute approximate surface area is 158 Å². The SMILES string of the molecule is COc1ccc(OC)c(Nc2ccc(C(=O)Nc3ccc(C)cc3)nc2)c1. The average Bonchev–Trinajstić information content (AvgIpc) is 2.70. The van der Waals surface area contributed by atoms with Gasteiger partial charge in [-0.3, -0.25) is 4.79 Å². The number of amides is 1. The van der Waals surface area contributed by atoms with E-state index in [0.29, 0.717) is 17.2 Å². The Kier molecular flexibility index (Phi) is 5.56. The maximum absolute atomic E-state index is 12.3. The Hall–Kier alpha value is -3.54. The average molecular weight is 363 g/mol. The van der Waals surface area contributed by atoms with Gasteiger partial charge in [0, 0.05) is 11.8 Å². The maximum Gasteiger partial charge on any atom is 0.274 e. The number of aromatic nitrogens is 1. The van der Waals surface area contributed by atoms with Crippen molar-refractivity contribution in [3.05, 3.63) is 72.1 Å². The fourth-order valence-corrected chi connectivity index (χ4v) is 2.50. The van der Waals surface area contributed by atoms with Gasteiger partial charge in [-0.05, 0) is 43.3 Å². The van der Waals surface area contributed by atoms with E-state index in [1.165, 1.54) is 0 Å². The molecule has 0 unspecified atom stereocenters. The Bertz CT molecular complexity index is 922. The number of nitrogens with one attached hydrogen (secondary N) is 2. The molecule has 3 aromatic rings. The lowest BCUT2D eigenvalue weighted by Crippen LogP contribution is -2.13. The molecule has 0 aliphatic rings.